The molecule has 1 aromatic rings. The molecule has 0 bridgehead atoms. The maximum Gasteiger partial charge on any atom is 0.0873 e. The highest BCUT2D eigenvalue weighted by Crippen LogP contribution is 2.06. The molecule has 0 spiro atoms. The number of hydrogen-bond donors (Lipinski definition) is 0. The van der Waals surface area contributed by atoms with Crippen LogP contribution in [0.5, 0.6) is 0 Å². The van der Waals surface area contributed by atoms with Crippen molar-refractivity contribution >= 4 is 6.08 Å². The highest BCUT2D eigenvalue weighted by atomic mass is 16.5. The van der Waals surface area contributed by atoms with Crippen LogP contribution in [0.2, 0.25) is 0 Å². The van der Waals surface area contributed by atoms with Gasteiger partial charge in [-0.2, -0.15) is 0 Å². The number of rotatable bonds is 9. The van der Waals surface area contributed by atoms with Crippen LogP contribution in [0.1, 0.15) is 37.7 Å². The van der Waals surface area contributed by atoms with Gasteiger partial charge in [0.15, 0.2) is 0 Å². The standard InChI is InChI=1S/C16H22O/c1-2-17-15-11-6-4-3-5-8-12-16-13-9-7-10-14-16/h2,7-10,12-14H,1,3-6,11,15H2/b12-8+. The zero-order chi connectivity index (χ0) is 12.2. The van der Waals surface area contributed by atoms with Gasteiger partial charge in [0.05, 0.1) is 12.9 Å². The van der Waals surface area contributed by atoms with Crippen LogP contribution in [0.3, 0.4) is 0 Å². The van der Waals surface area contributed by atoms with Crippen molar-refractivity contribution in [3.8, 4) is 0 Å². The predicted molar refractivity (Wildman–Crippen MR) is 74.7 cm³/mol. The first kappa shape index (κ1) is 13.6. The fourth-order valence-corrected chi connectivity index (χ4v) is 1.67. The summed E-state index contributed by atoms with van der Waals surface area (Å²) in [6, 6.07) is 10.4. The monoisotopic (exact) mass is 230 g/mol. The second-order valence-corrected chi connectivity index (χ2v) is 4.05. The van der Waals surface area contributed by atoms with E-state index in [-0.39, 0.29) is 0 Å². The third-order valence-electron chi connectivity index (χ3n) is 2.61. The van der Waals surface area contributed by atoms with Crippen molar-refractivity contribution in [3.63, 3.8) is 0 Å². The van der Waals surface area contributed by atoms with Crippen LogP contribution in [0.15, 0.2) is 49.2 Å². The molecule has 17 heavy (non-hydrogen) atoms. The van der Waals surface area contributed by atoms with Crippen LogP contribution in [0, 0.1) is 0 Å². The maximum atomic E-state index is 5.07. The van der Waals surface area contributed by atoms with Crippen molar-refractivity contribution in [1.82, 2.24) is 0 Å². The van der Waals surface area contributed by atoms with Crippen LogP contribution in [-0.4, -0.2) is 6.61 Å². The molecular formula is C16H22O. The molecule has 1 nitrogen and oxygen atoms in total. The Morgan fingerprint density at radius 2 is 1.76 bits per heavy atom. The summed E-state index contributed by atoms with van der Waals surface area (Å²) in [7, 11) is 0. The van der Waals surface area contributed by atoms with Gasteiger partial charge in [0, 0.05) is 0 Å². The highest BCUT2D eigenvalue weighted by molar-refractivity contribution is 5.48. The molecule has 0 amide bonds. The van der Waals surface area contributed by atoms with Crippen molar-refractivity contribution in [3.05, 3.63) is 54.8 Å². The lowest BCUT2D eigenvalue weighted by atomic mass is 10.1. The first-order chi connectivity index (χ1) is 8.43. The highest BCUT2D eigenvalue weighted by Gasteiger charge is 1.89. The summed E-state index contributed by atoms with van der Waals surface area (Å²) in [5.74, 6) is 0. The topological polar surface area (TPSA) is 9.23 Å². The van der Waals surface area contributed by atoms with Crippen LogP contribution in [0.4, 0.5) is 0 Å². The fourth-order valence-electron chi connectivity index (χ4n) is 1.67. The second-order valence-electron chi connectivity index (χ2n) is 4.05. The lowest BCUT2D eigenvalue weighted by molar-refractivity contribution is 0.242. The van der Waals surface area contributed by atoms with Gasteiger partial charge in [-0.25, -0.2) is 0 Å². The molecule has 1 rings (SSSR count). The van der Waals surface area contributed by atoms with E-state index in [0.29, 0.717) is 0 Å². The number of ether oxygens (including phenoxy) is 1. The minimum Gasteiger partial charge on any atom is -0.502 e. The van der Waals surface area contributed by atoms with Gasteiger partial charge >= 0.3 is 0 Å². The molecule has 0 aromatic heterocycles. The first-order valence-electron chi connectivity index (χ1n) is 6.37. The van der Waals surface area contributed by atoms with Gasteiger partial charge in [0.1, 0.15) is 0 Å². The van der Waals surface area contributed by atoms with E-state index in [2.05, 4.69) is 43.0 Å². The molecule has 0 radical (unpaired) electrons. The van der Waals surface area contributed by atoms with Gasteiger partial charge in [-0.3, -0.25) is 0 Å². The van der Waals surface area contributed by atoms with Crippen molar-refractivity contribution in [2.45, 2.75) is 32.1 Å². The van der Waals surface area contributed by atoms with Crippen LogP contribution >= 0.6 is 0 Å². The number of benzene rings is 1. The Kier molecular flexibility index (Phi) is 7.75. The van der Waals surface area contributed by atoms with Crippen molar-refractivity contribution in [2.24, 2.45) is 0 Å². The Morgan fingerprint density at radius 1 is 1.00 bits per heavy atom. The summed E-state index contributed by atoms with van der Waals surface area (Å²) in [4.78, 5) is 0. The molecular weight excluding hydrogens is 208 g/mol. The van der Waals surface area contributed by atoms with E-state index < -0.39 is 0 Å². The molecule has 1 aromatic carbocycles. The van der Waals surface area contributed by atoms with E-state index >= 15 is 0 Å². The minimum absolute atomic E-state index is 0.809. The Hall–Kier alpha value is -1.50. The van der Waals surface area contributed by atoms with Gasteiger partial charge in [-0.1, -0.05) is 61.9 Å². The lowest BCUT2D eigenvalue weighted by Gasteiger charge is -1.99. The lowest BCUT2D eigenvalue weighted by Crippen LogP contribution is -1.86. The van der Waals surface area contributed by atoms with Gasteiger partial charge < -0.3 is 4.74 Å². The van der Waals surface area contributed by atoms with Crippen LogP contribution < -0.4 is 0 Å². The molecule has 0 aliphatic rings. The van der Waals surface area contributed by atoms with E-state index in [1.807, 2.05) is 6.07 Å². The van der Waals surface area contributed by atoms with Gasteiger partial charge in [-0.05, 0) is 24.8 Å². The van der Waals surface area contributed by atoms with Gasteiger partial charge in [0.25, 0.3) is 0 Å². The summed E-state index contributed by atoms with van der Waals surface area (Å²) in [5, 5.41) is 0. The van der Waals surface area contributed by atoms with E-state index in [4.69, 9.17) is 4.74 Å². The Morgan fingerprint density at radius 3 is 2.53 bits per heavy atom. The van der Waals surface area contributed by atoms with Crippen molar-refractivity contribution in [1.29, 1.82) is 0 Å². The molecule has 0 aliphatic heterocycles. The van der Waals surface area contributed by atoms with Gasteiger partial charge in [-0.15, -0.1) is 0 Å². The average molecular weight is 230 g/mol. The van der Waals surface area contributed by atoms with E-state index in [1.54, 1.807) is 0 Å². The molecule has 92 valence electrons. The third-order valence-corrected chi connectivity index (χ3v) is 2.61. The normalized spacial score (nSPS) is 10.6. The Balaban J connectivity index is 1.97. The Bertz CT molecular complexity index is 314. The number of hydrogen-bond acceptors (Lipinski definition) is 1. The molecule has 0 saturated heterocycles. The largest absolute Gasteiger partial charge is 0.502 e. The van der Waals surface area contributed by atoms with E-state index in [9.17, 15) is 0 Å². The molecule has 1 heteroatoms. The molecule has 0 heterocycles. The SMILES string of the molecule is C=COCCCCCC/C=C/c1ccccc1. The second kappa shape index (κ2) is 9.71. The summed E-state index contributed by atoms with van der Waals surface area (Å²) < 4.78 is 5.07. The minimum atomic E-state index is 0.809. The van der Waals surface area contributed by atoms with E-state index in [0.717, 1.165) is 19.4 Å². The smallest absolute Gasteiger partial charge is 0.0873 e. The molecule has 0 aliphatic carbocycles. The summed E-state index contributed by atoms with van der Waals surface area (Å²) in [6.07, 6.45) is 12.1. The number of unbranched alkanes of at least 4 members (excludes halogenated alkanes) is 4. The molecule has 0 unspecified atom stereocenters. The molecule has 0 atom stereocenters. The third kappa shape index (κ3) is 7.40. The molecule has 0 saturated carbocycles. The van der Waals surface area contributed by atoms with Crippen molar-refractivity contribution < 1.29 is 4.74 Å². The van der Waals surface area contributed by atoms with Crippen LogP contribution in [-0.2, 0) is 4.74 Å². The average Bonchev–Trinajstić information content (AvgIpc) is 2.38. The maximum absolute atomic E-state index is 5.07. The molecule has 0 N–H and O–H groups in total. The predicted octanol–water partition coefficient (Wildman–Crippen LogP) is 4.81. The van der Waals surface area contributed by atoms with Crippen LogP contribution in [0.25, 0.3) is 6.08 Å². The van der Waals surface area contributed by atoms with Gasteiger partial charge in [0.2, 0.25) is 0 Å². The Labute approximate surface area is 105 Å². The van der Waals surface area contributed by atoms with Crippen molar-refractivity contribution in [2.75, 3.05) is 6.61 Å². The summed E-state index contributed by atoms with van der Waals surface area (Å²) in [6.45, 7) is 4.33. The quantitative estimate of drug-likeness (QED) is 0.437. The molecule has 0 fully saturated rings. The zero-order valence-electron chi connectivity index (χ0n) is 10.5. The fraction of sp³-hybridized carbons (Fsp3) is 0.375. The summed E-state index contributed by atoms with van der Waals surface area (Å²) in [5.41, 5.74) is 1.28. The zero-order valence-corrected chi connectivity index (χ0v) is 10.5. The number of allylic oxidation sites excluding steroid dienone is 1. The van der Waals surface area contributed by atoms with E-state index in [1.165, 1.54) is 31.1 Å². The first-order valence-corrected chi connectivity index (χ1v) is 6.37. The summed E-state index contributed by atoms with van der Waals surface area (Å²) >= 11 is 0.